The number of para-hydroxylation sites is 2. The van der Waals surface area contributed by atoms with E-state index in [-0.39, 0.29) is 11.7 Å². The second-order valence-electron chi connectivity index (χ2n) is 7.36. The van der Waals surface area contributed by atoms with Gasteiger partial charge >= 0.3 is 0 Å². The Bertz CT molecular complexity index is 952. The van der Waals surface area contributed by atoms with Crippen LogP contribution in [0.2, 0.25) is 0 Å². The minimum atomic E-state index is -0.923. The van der Waals surface area contributed by atoms with Crippen molar-refractivity contribution in [3.63, 3.8) is 0 Å². The van der Waals surface area contributed by atoms with E-state index >= 15 is 4.39 Å². The number of imidazole rings is 1. The van der Waals surface area contributed by atoms with Crippen LogP contribution >= 0.6 is 11.8 Å². The second-order valence-corrected chi connectivity index (χ2v) is 8.67. The van der Waals surface area contributed by atoms with Crippen LogP contribution in [0.3, 0.4) is 0 Å². The average molecular weight is 418 g/mol. The summed E-state index contributed by atoms with van der Waals surface area (Å²) in [4.78, 5) is 10.5. The molecule has 1 fully saturated rings. The van der Waals surface area contributed by atoms with Crippen molar-refractivity contribution in [2.45, 2.75) is 36.9 Å². The Kier molecular flexibility index (Phi) is 6.18. The van der Waals surface area contributed by atoms with Gasteiger partial charge in [-0.2, -0.15) is 0 Å². The number of likely N-dealkylation sites (tertiary alicyclic amines) is 1. The molecule has 1 saturated heterocycles. The van der Waals surface area contributed by atoms with Gasteiger partial charge < -0.3 is 14.6 Å². The highest BCUT2D eigenvalue weighted by molar-refractivity contribution is 7.99. The zero-order valence-corrected chi connectivity index (χ0v) is 17.4. The van der Waals surface area contributed by atoms with Gasteiger partial charge in [-0.25, -0.2) is 13.8 Å². The molecule has 0 spiro atoms. The van der Waals surface area contributed by atoms with E-state index in [4.69, 9.17) is 4.74 Å². The predicted molar refractivity (Wildman–Crippen MR) is 112 cm³/mol. The molecule has 1 atom stereocenters. The fourth-order valence-electron chi connectivity index (χ4n) is 3.74. The van der Waals surface area contributed by atoms with Gasteiger partial charge in [-0.1, -0.05) is 19.1 Å². The molecule has 1 aliphatic rings. The topological polar surface area (TPSA) is 41.1 Å². The zero-order chi connectivity index (χ0) is 20.4. The van der Waals surface area contributed by atoms with E-state index in [0.29, 0.717) is 16.5 Å². The third-order valence-electron chi connectivity index (χ3n) is 5.30. The van der Waals surface area contributed by atoms with Gasteiger partial charge in [0.15, 0.2) is 0 Å². The molecule has 3 aromatic rings. The fourth-order valence-corrected chi connectivity index (χ4v) is 4.45. The average Bonchev–Trinajstić information content (AvgIpc) is 3.15. The molecular formula is C22H25F2N3OS. The molecule has 1 aromatic heterocycles. The summed E-state index contributed by atoms with van der Waals surface area (Å²) in [7, 11) is 2.07. The SMILES string of the molecule is CCSc1ccc(F)c(C(OC2CCN(C)CC2)c2nc3ccccc3[nH]2)c1F. The van der Waals surface area contributed by atoms with Crippen molar-refractivity contribution in [2.75, 3.05) is 25.9 Å². The number of nitrogens with one attached hydrogen (secondary N) is 1. The lowest BCUT2D eigenvalue weighted by molar-refractivity contribution is -0.0291. The Morgan fingerprint density at radius 2 is 1.97 bits per heavy atom. The first-order valence-electron chi connectivity index (χ1n) is 9.96. The van der Waals surface area contributed by atoms with Gasteiger partial charge in [-0.3, -0.25) is 0 Å². The first-order chi connectivity index (χ1) is 14.1. The molecular weight excluding hydrogens is 392 g/mol. The number of hydrogen-bond acceptors (Lipinski definition) is 4. The minimum Gasteiger partial charge on any atom is -0.362 e. The summed E-state index contributed by atoms with van der Waals surface area (Å²) >= 11 is 1.35. The highest BCUT2D eigenvalue weighted by Crippen LogP contribution is 2.36. The molecule has 2 heterocycles. The molecule has 2 aromatic carbocycles. The van der Waals surface area contributed by atoms with Crippen LogP contribution in [0.5, 0.6) is 0 Å². The van der Waals surface area contributed by atoms with Crippen LogP contribution in [0.4, 0.5) is 8.78 Å². The molecule has 1 unspecified atom stereocenters. The normalized spacial score (nSPS) is 17.1. The molecule has 4 rings (SSSR count). The number of ether oxygens (including phenoxy) is 1. The summed E-state index contributed by atoms with van der Waals surface area (Å²) in [5.74, 6) is -0.0363. The number of hydrogen-bond donors (Lipinski definition) is 1. The molecule has 0 aliphatic carbocycles. The number of H-pyrrole nitrogens is 1. The summed E-state index contributed by atoms with van der Waals surface area (Å²) in [5.41, 5.74) is 1.50. The van der Waals surface area contributed by atoms with Crippen molar-refractivity contribution in [3.05, 3.63) is 59.4 Å². The maximum atomic E-state index is 15.3. The van der Waals surface area contributed by atoms with Crippen LogP contribution in [0, 0.1) is 11.6 Å². The number of piperidine rings is 1. The number of nitrogens with zero attached hydrogens (tertiary/aromatic N) is 2. The molecule has 0 amide bonds. The Labute approximate surface area is 173 Å². The van der Waals surface area contributed by atoms with Gasteiger partial charge in [-0.05, 0) is 49.9 Å². The number of fused-ring (bicyclic) bond motifs is 1. The Balaban J connectivity index is 1.77. The van der Waals surface area contributed by atoms with Gasteiger partial charge in [-0.15, -0.1) is 11.8 Å². The minimum absolute atomic E-state index is 0.0681. The maximum Gasteiger partial charge on any atom is 0.146 e. The number of rotatable bonds is 6. The third-order valence-corrected chi connectivity index (χ3v) is 6.22. The maximum absolute atomic E-state index is 15.3. The van der Waals surface area contributed by atoms with Crippen LogP contribution in [0.1, 0.15) is 37.3 Å². The number of halogens is 2. The molecule has 7 heteroatoms. The zero-order valence-electron chi connectivity index (χ0n) is 16.6. The van der Waals surface area contributed by atoms with Crippen LogP contribution in [-0.2, 0) is 4.74 Å². The first kappa shape index (κ1) is 20.3. The molecule has 1 aliphatic heterocycles. The number of aromatic nitrogens is 2. The van der Waals surface area contributed by atoms with Crippen molar-refractivity contribution >= 4 is 22.8 Å². The van der Waals surface area contributed by atoms with Crippen LogP contribution in [0.25, 0.3) is 11.0 Å². The molecule has 29 heavy (non-hydrogen) atoms. The van der Waals surface area contributed by atoms with E-state index in [2.05, 4.69) is 21.9 Å². The van der Waals surface area contributed by atoms with E-state index in [1.54, 1.807) is 0 Å². The number of benzene rings is 2. The van der Waals surface area contributed by atoms with Crippen LogP contribution in [0.15, 0.2) is 41.3 Å². The Morgan fingerprint density at radius 1 is 1.21 bits per heavy atom. The molecule has 4 nitrogen and oxygen atoms in total. The summed E-state index contributed by atoms with van der Waals surface area (Å²) in [6.45, 7) is 3.74. The fraction of sp³-hybridized carbons (Fsp3) is 0.409. The first-order valence-corrected chi connectivity index (χ1v) is 10.9. The smallest absolute Gasteiger partial charge is 0.146 e. The van der Waals surface area contributed by atoms with Crippen molar-refractivity contribution in [1.29, 1.82) is 0 Å². The van der Waals surface area contributed by atoms with E-state index in [1.165, 1.54) is 23.9 Å². The van der Waals surface area contributed by atoms with Crippen molar-refractivity contribution in [1.82, 2.24) is 14.9 Å². The number of thioether (sulfide) groups is 1. The monoisotopic (exact) mass is 417 g/mol. The van der Waals surface area contributed by atoms with E-state index in [9.17, 15) is 4.39 Å². The summed E-state index contributed by atoms with van der Waals surface area (Å²) in [5, 5.41) is 0. The Hall–Kier alpha value is -1.96. The molecule has 0 bridgehead atoms. The van der Waals surface area contributed by atoms with Crippen LogP contribution < -0.4 is 0 Å². The summed E-state index contributed by atoms with van der Waals surface area (Å²) in [6.07, 6.45) is 0.638. The lowest BCUT2D eigenvalue weighted by Crippen LogP contribution is -2.35. The molecule has 154 valence electrons. The largest absolute Gasteiger partial charge is 0.362 e. The van der Waals surface area contributed by atoms with E-state index in [1.807, 2.05) is 31.2 Å². The van der Waals surface area contributed by atoms with Gasteiger partial charge in [0.25, 0.3) is 0 Å². The van der Waals surface area contributed by atoms with Gasteiger partial charge in [0.05, 0.1) is 22.7 Å². The predicted octanol–water partition coefficient (Wildman–Crippen LogP) is 5.15. The third kappa shape index (κ3) is 4.32. The van der Waals surface area contributed by atoms with Gasteiger partial charge in [0, 0.05) is 18.0 Å². The second kappa shape index (κ2) is 8.81. The van der Waals surface area contributed by atoms with Gasteiger partial charge in [0.1, 0.15) is 23.6 Å². The standard InChI is InChI=1S/C22H25F2N3OS/c1-3-29-18-9-8-15(23)19(20(18)24)21(28-14-10-12-27(2)13-11-14)22-25-16-6-4-5-7-17(16)26-22/h4-9,14,21H,3,10-13H2,1-2H3,(H,25,26). The molecule has 1 N–H and O–H groups in total. The molecule has 0 saturated carbocycles. The van der Waals surface area contributed by atoms with Gasteiger partial charge in [0.2, 0.25) is 0 Å². The summed E-state index contributed by atoms with van der Waals surface area (Å²) < 4.78 is 36.6. The summed E-state index contributed by atoms with van der Waals surface area (Å²) in [6, 6.07) is 10.4. The highest BCUT2D eigenvalue weighted by Gasteiger charge is 2.31. The quantitative estimate of drug-likeness (QED) is 0.563. The highest BCUT2D eigenvalue weighted by atomic mass is 32.2. The lowest BCUT2D eigenvalue weighted by atomic mass is 10.0. The van der Waals surface area contributed by atoms with E-state index in [0.717, 1.165) is 37.0 Å². The number of aromatic amines is 1. The van der Waals surface area contributed by atoms with Crippen molar-refractivity contribution in [3.8, 4) is 0 Å². The molecule has 0 radical (unpaired) electrons. The Morgan fingerprint density at radius 3 is 2.69 bits per heavy atom. The van der Waals surface area contributed by atoms with Crippen molar-refractivity contribution < 1.29 is 13.5 Å². The lowest BCUT2D eigenvalue weighted by Gasteiger charge is -2.31. The van der Waals surface area contributed by atoms with E-state index < -0.39 is 17.7 Å². The van der Waals surface area contributed by atoms with Crippen LogP contribution in [-0.4, -0.2) is 46.9 Å². The van der Waals surface area contributed by atoms with Crippen molar-refractivity contribution in [2.24, 2.45) is 0 Å².